The van der Waals surface area contributed by atoms with E-state index in [1.165, 1.54) is 51.9 Å². The van der Waals surface area contributed by atoms with Crippen LogP contribution in [0.3, 0.4) is 0 Å². The van der Waals surface area contributed by atoms with E-state index >= 15 is 0 Å². The minimum absolute atomic E-state index is 0.0104. The van der Waals surface area contributed by atoms with Crippen molar-refractivity contribution in [3.63, 3.8) is 0 Å². The first-order valence-corrected chi connectivity index (χ1v) is 14.7. The molecule has 1 aromatic rings. The summed E-state index contributed by atoms with van der Waals surface area (Å²) in [5, 5.41) is 2.89. The number of rotatable bonds is 13. The molecule has 0 aromatic heterocycles. The fraction of sp³-hybridized carbons (Fsp3) is 0.690. The third-order valence-corrected chi connectivity index (χ3v) is 6.97. The van der Waals surface area contributed by atoms with Crippen LogP contribution >= 0.6 is 8.73 Å². The molecule has 0 aliphatic carbocycles. The summed E-state index contributed by atoms with van der Waals surface area (Å²) >= 11 is 0. The highest BCUT2D eigenvalue weighted by molar-refractivity contribution is 7.35. The van der Waals surface area contributed by atoms with Crippen LogP contribution in [0.1, 0.15) is 85.1 Å². The Kier molecular flexibility index (Phi) is 26.8. The Morgan fingerprint density at radius 2 is 1.75 bits per heavy atom. The first-order chi connectivity index (χ1) is 17.4. The summed E-state index contributed by atoms with van der Waals surface area (Å²) in [6.07, 6.45) is 10.2. The van der Waals surface area contributed by atoms with Gasteiger partial charge in [0.05, 0.1) is 6.04 Å². The van der Waals surface area contributed by atoms with E-state index in [-0.39, 0.29) is 17.6 Å². The van der Waals surface area contributed by atoms with E-state index in [2.05, 4.69) is 30.8 Å². The molecule has 0 radical (unpaired) electrons. The Hall–Kier alpha value is -1.62. The predicted molar refractivity (Wildman–Crippen MR) is 155 cm³/mol. The summed E-state index contributed by atoms with van der Waals surface area (Å²) < 4.78 is 7.60. The molecule has 1 heterocycles. The zero-order valence-corrected chi connectivity index (χ0v) is 24.8. The number of methoxy groups -OCH3 is 1. The molecule has 1 aromatic carbocycles. The van der Waals surface area contributed by atoms with Crippen molar-refractivity contribution in [3.05, 3.63) is 35.9 Å². The molecule has 1 amide bonds. The molecule has 0 spiro atoms. The summed E-state index contributed by atoms with van der Waals surface area (Å²) in [4.78, 5) is 32.0. The first kappa shape index (κ1) is 36.5. The number of nitrogens with one attached hydrogen (secondary N) is 1. The molecule has 1 aliphatic heterocycles. The number of amides is 1. The van der Waals surface area contributed by atoms with Crippen molar-refractivity contribution in [2.75, 3.05) is 33.0 Å². The zero-order chi connectivity index (χ0) is 27.6. The molecule has 3 atom stereocenters. The van der Waals surface area contributed by atoms with Gasteiger partial charge in [0.15, 0.2) is 5.78 Å². The fourth-order valence-corrected chi connectivity index (χ4v) is 4.68. The van der Waals surface area contributed by atoms with Crippen molar-refractivity contribution in [2.45, 2.75) is 92.0 Å². The third-order valence-electron chi connectivity index (χ3n) is 5.49. The largest absolute Gasteiger partial charge is 0.385 e. The van der Waals surface area contributed by atoms with Gasteiger partial charge in [-0.25, -0.2) is 0 Å². The van der Waals surface area contributed by atoms with Gasteiger partial charge >= 0.3 is 0 Å². The highest BCUT2D eigenvalue weighted by Gasteiger charge is 2.20. The maximum absolute atomic E-state index is 12.2. The van der Waals surface area contributed by atoms with Crippen LogP contribution in [0.4, 0.5) is 0 Å². The predicted octanol–water partition coefficient (Wildman–Crippen LogP) is 6.07. The van der Waals surface area contributed by atoms with Crippen molar-refractivity contribution in [1.29, 1.82) is 0 Å². The Bertz CT molecular complexity index is 639. The van der Waals surface area contributed by atoms with Gasteiger partial charge in [0.25, 0.3) is 0 Å². The molecule has 1 N–H and O–H groups in total. The lowest BCUT2D eigenvalue weighted by Crippen LogP contribution is -2.43. The zero-order valence-electron chi connectivity index (χ0n) is 23.8. The van der Waals surface area contributed by atoms with E-state index in [1.54, 1.807) is 7.11 Å². The third kappa shape index (κ3) is 20.6. The van der Waals surface area contributed by atoms with Crippen molar-refractivity contribution in [1.82, 2.24) is 9.99 Å². The number of hydrogen-bond donors (Lipinski definition) is 1. The Morgan fingerprint density at radius 3 is 2.25 bits per heavy atom. The van der Waals surface area contributed by atoms with Crippen molar-refractivity contribution in [2.24, 2.45) is 5.92 Å². The fourth-order valence-electron chi connectivity index (χ4n) is 3.41. The lowest BCUT2D eigenvalue weighted by Gasteiger charge is -2.19. The van der Waals surface area contributed by atoms with Crippen molar-refractivity contribution < 1.29 is 19.1 Å². The van der Waals surface area contributed by atoms with E-state index in [4.69, 9.17) is 9.53 Å². The van der Waals surface area contributed by atoms with Crippen LogP contribution in [0.5, 0.6) is 0 Å². The summed E-state index contributed by atoms with van der Waals surface area (Å²) in [6.45, 7) is 15.4. The number of nitrogens with zero attached hydrogens (tertiary/aromatic N) is 1. The molecular formula is C29H53N2O4P. The quantitative estimate of drug-likeness (QED) is 0.250. The number of benzene rings is 1. The van der Waals surface area contributed by atoms with Crippen LogP contribution in [0.2, 0.25) is 0 Å². The van der Waals surface area contributed by atoms with Crippen LogP contribution in [-0.4, -0.2) is 62.2 Å². The number of ketones is 1. The Morgan fingerprint density at radius 1 is 1.11 bits per heavy atom. The van der Waals surface area contributed by atoms with Gasteiger partial charge in [-0.1, -0.05) is 86.0 Å². The number of carbonyl (C=O) groups excluding carboxylic acids is 3. The molecule has 3 unspecified atom stereocenters. The number of hydrogen-bond acceptors (Lipinski definition) is 5. The molecule has 0 saturated carbocycles. The van der Waals surface area contributed by atoms with Crippen LogP contribution in [0, 0.1) is 5.92 Å². The maximum Gasteiger partial charge on any atom is 0.223 e. The van der Waals surface area contributed by atoms with E-state index < -0.39 is 6.04 Å². The molecule has 2 rings (SSSR count). The monoisotopic (exact) mass is 524 g/mol. The molecule has 1 aliphatic rings. The minimum Gasteiger partial charge on any atom is -0.385 e. The van der Waals surface area contributed by atoms with Crippen LogP contribution < -0.4 is 5.32 Å². The molecular weight excluding hydrogens is 471 g/mol. The second-order valence-corrected chi connectivity index (χ2v) is 10.5. The number of Topliss-reactive ketones (excluding diaryl/α,β-unsaturated/α-hetero) is 1. The van der Waals surface area contributed by atoms with E-state index in [1.807, 2.05) is 44.0 Å². The van der Waals surface area contributed by atoms with Gasteiger partial charge in [-0.2, -0.15) is 0 Å². The maximum atomic E-state index is 12.2. The normalized spacial score (nSPS) is 14.7. The number of unbranched alkanes of at least 4 members (excludes halogenated alkanes) is 2. The second kappa shape index (κ2) is 26.4. The molecule has 208 valence electrons. The van der Waals surface area contributed by atoms with E-state index in [0.29, 0.717) is 6.42 Å². The molecule has 36 heavy (non-hydrogen) atoms. The summed E-state index contributed by atoms with van der Waals surface area (Å²) in [5.74, 6) is -0.146. The van der Waals surface area contributed by atoms with Gasteiger partial charge in [0.2, 0.25) is 5.91 Å². The van der Waals surface area contributed by atoms with Crippen molar-refractivity contribution in [3.8, 4) is 0 Å². The molecule has 6 nitrogen and oxygen atoms in total. The highest BCUT2D eigenvalue weighted by Crippen LogP contribution is 2.26. The van der Waals surface area contributed by atoms with Crippen LogP contribution in [-0.2, 0) is 25.5 Å². The lowest BCUT2D eigenvalue weighted by molar-refractivity contribution is -0.129. The first-order valence-electron chi connectivity index (χ1n) is 13.5. The smallest absolute Gasteiger partial charge is 0.223 e. The molecule has 0 bridgehead atoms. The minimum atomic E-state index is -0.448. The standard InChI is InChI=1S/C18H27NO3.C7H16NP.C3H8.CH2O/c1-14(9-7-8-12-22-3)18(21)19-17(15(2)20)13-16-10-5-4-6-11-16;1-2-3-5-8-6-4-7-9-8;1-3-2;1-2/h4-6,10-11,14,17H,7-9,12-13H2,1-3H3,(H,19,21);9H,2-7H2,1H3;3H2,1-2H3;1H2. The SMILES string of the molecule is C=O.CCC.CCCCN1CCCP1.COCCCCC(C)C(=O)NC(Cc1ccccc1)C(C)=O. The highest BCUT2D eigenvalue weighted by atomic mass is 31.1. The van der Waals surface area contributed by atoms with Gasteiger partial charge in [-0.15, -0.1) is 0 Å². The van der Waals surface area contributed by atoms with E-state index in [9.17, 15) is 9.59 Å². The van der Waals surface area contributed by atoms with Gasteiger partial charge in [-0.05, 0) is 50.8 Å². The molecule has 1 saturated heterocycles. The van der Waals surface area contributed by atoms with Gasteiger partial charge in [0.1, 0.15) is 6.79 Å². The molecule has 1 fully saturated rings. The lowest BCUT2D eigenvalue weighted by atomic mass is 10.00. The average molecular weight is 525 g/mol. The van der Waals surface area contributed by atoms with Gasteiger partial charge < -0.3 is 14.8 Å². The van der Waals surface area contributed by atoms with Crippen molar-refractivity contribution >= 4 is 27.2 Å². The van der Waals surface area contributed by atoms with Crippen LogP contribution in [0.15, 0.2) is 30.3 Å². The van der Waals surface area contributed by atoms with Gasteiger partial charge in [-0.3, -0.25) is 14.3 Å². The summed E-state index contributed by atoms with van der Waals surface area (Å²) in [5.41, 5.74) is 1.05. The van der Waals surface area contributed by atoms with Gasteiger partial charge in [0, 0.05) is 32.7 Å². The van der Waals surface area contributed by atoms with E-state index in [0.717, 1.165) is 40.2 Å². The molecule has 7 heteroatoms. The Balaban J connectivity index is 0. The topological polar surface area (TPSA) is 75.7 Å². The van der Waals surface area contributed by atoms with Crippen LogP contribution in [0.25, 0.3) is 0 Å². The average Bonchev–Trinajstić information content (AvgIpc) is 3.41. The second-order valence-electron chi connectivity index (χ2n) is 9.06. The summed E-state index contributed by atoms with van der Waals surface area (Å²) in [6, 6.07) is 9.30. The number of carbonyl (C=O) groups is 3. The summed E-state index contributed by atoms with van der Waals surface area (Å²) in [7, 11) is 2.82. The number of ether oxygens (including phenoxy) is 1. The Labute approximate surface area is 223 Å².